The van der Waals surface area contributed by atoms with E-state index >= 15 is 0 Å². The SMILES string of the molecule is NC(=O)c1nc2[nH]c(N)nc(=S)c2[nH]1. The molecule has 8 heteroatoms. The molecular weight excluding hydrogens is 204 g/mol. The molecule has 0 aliphatic carbocycles. The summed E-state index contributed by atoms with van der Waals surface area (Å²) in [4.78, 5) is 23.8. The predicted octanol–water partition coefficient (Wildman–Crippen LogP) is -0.303. The van der Waals surface area contributed by atoms with Crippen LogP contribution in [0.5, 0.6) is 0 Å². The fourth-order valence-electron chi connectivity index (χ4n) is 1.05. The van der Waals surface area contributed by atoms with E-state index in [4.69, 9.17) is 23.7 Å². The standard InChI is InChI=1S/C6H6N6OS/c7-2(13)4-9-1-3(10-4)11-6(8)12-5(1)14/h(H2,7,13)(H4,8,9,10,11,12,14). The van der Waals surface area contributed by atoms with Gasteiger partial charge in [-0.2, -0.15) is 0 Å². The lowest BCUT2D eigenvalue weighted by molar-refractivity contribution is 0.0991. The first-order valence-corrected chi connectivity index (χ1v) is 4.04. The van der Waals surface area contributed by atoms with Gasteiger partial charge in [0.25, 0.3) is 5.91 Å². The summed E-state index contributed by atoms with van der Waals surface area (Å²) in [5.41, 5.74) is 11.3. The Balaban J connectivity index is 2.83. The molecule has 0 aliphatic heterocycles. The number of rotatable bonds is 1. The summed E-state index contributed by atoms with van der Waals surface area (Å²) >= 11 is 4.91. The lowest BCUT2D eigenvalue weighted by atomic mass is 10.6. The van der Waals surface area contributed by atoms with E-state index in [-0.39, 0.29) is 16.4 Å². The molecule has 0 fully saturated rings. The van der Waals surface area contributed by atoms with Crippen LogP contribution in [0.25, 0.3) is 11.2 Å². The molecule has 0 saturated carbocycles. The second-order valence-electron chi connectivity index (χ2n) is 2.60. The highest BCUT2D eigenvalue weighted by molar-refractivity contribution is 7.71. The molecule has 0 aliphatic rings. The molecule has 0 bridgehead atoms. The molecule has 2 aromatic rings. The number of amides is 1. The van der Waals surface area contributed by atoms with Gasteiger partial charge in [0.2, 0.25) is 5.95 Å². The summed E-state index contributed by atoms with van der Waals surface area (Å²) in [7, 11) is 0. The van der Waals surface area contributed by atoms with Gasteiger partial charge in [-0.25, -0.2) is 9.97 Å². The summed E-state index contributed by atoms with van der Waals surface area (Å²) in [5.74, 6) is -0.498. The third-order valence-electron chi connectivity index (χ3n) is 1.62. The molecule has 2 rings (SSSR count). The van der Waals surface area contributed by atoms with Crippen molar-refractivity contribution in [1.29, 1.82) is 0 Å². The van der Waals surface area contributed by atoms with Crippen LogP contribution in [0, 0.1) is 4.64 Å². The number of nitrogen functional groups attached to an aromatic ring is 1. The fourth-order valence-corrected chi connectivity index (χ4v) is 1.30. The van der Waals surface area contributed by atoms with Crippen molar-refractivity contribution >= 4 is 35.2 Å². The molecule has 0 spiro atoms. The van der Waals surface area contributed by atoms with Gasteiger partial charge in [0.1, 0.15) is 5.52 Å². The van der Waals surface area contributed by atoms with E-state index in [1.807, 2.05) is 0 Å². The topological polar surface area (TPSA) is 126 Å². The van der Waals surface area contributed by atoms with Crippen molar-refractivity contribution in [3.63, 3.8) is 0 Å². The van der Waals surface area contributed by atoms with Crippen LogP contribution in [-0.2, 0) is 0 Å². The molecule has 7 nitrogen and oxygen atoms in total. The number of H-pyrrole nitrogens is 2. The number of aromatic amines is 2. The lowest BCUT2D eigenvalue weighted by Crippen LogP contribution is -2.12. The Morgan fingerprint density at radius 3 is 2.71 bits per heavy atom. The lowest BCUT2D eigenvalue weighted by Gasteiger charge is -1.91. The number of primary amides is 1. The molecule has 72 valence electrons. The van der Waals surface area contributed by atoms with Crippen molar-refractivity contribution in [2.75, 3.05) is 5.73 Å². The number of carbonyl (C=O) groups is 1. The predicted molar refractivity (Wildman–Crippen MR) is 52.0 cm³/mol. The van der Waals surface area contributed by atoms with Gasteiger partial charge < -0.3 is 21.4 Å². The minimum absolute atomic E-state index is 0.0229. The van der Waals surface area contributed by atoms with Crippen LogP contribution in [0.15, 0.2) is 0 Å². The second kappa shape index (κ2) is 2.77. The van der Waals surface area contributed by atoms with E-state index in [1.54, 1.807) is 0 Å². The maximum Gasteiger partial charge on any atom is 0.284 e. The van der Waals surface area contributed by atoms with Crippen molar-refractivity contribution in [2.45, 2.75) is 0 Å². The second-order valence-corrected chi connectivity index (χ2v) is 2.99. The van der Waals surface area contributed by atoms with Crippen molar-refractivity contribution in [1.82, 2.24) is 19.9 Å². The maximum atomic E-state index is 10.8. The van der Waals surface area contributed by atoms with E-state index in [0.29, 0.717) is 11.2 Å². The molecule has 2 aromatic heterocycles. The zero-order valence-corrected chi connectivity index (χ0v) is 7.68. The number of anilines is 1. The molecular formula is C6H6N6OS. The van der Waals surface area contributed by atoms with Crippen LogP contribution in [0.2, 0.25) is 0 Å². The van der Waals surface area contributed by atoms with Crippen LogP contribution < -0.4 is 11.5 Å². The number of fused-ring (bicyclic) bond motifs is 1. The third kappa shape index (κ3) is 1.21. The van der Waals surface area contributed by atoms with E-state index in [9.17, 15) is 4.79 Å². The number of aromatic nitrogens is 4. The average Bonchev–Trinajstić information content (AvgIpc) is 2.47. The highest BCUT2D eigenvalue weighted by Crippen LogP contribution is 2.10. The van der Waals surface area contributed by atoms with Crippen molar-refractivity contribution in [3.05, 3.63) is 10.5 Å². The van der Waals surface area contributed by atoms with Crippen LogP contribution >= 0.6 is 12.2 Å². The minimum Gasteiger partial charge on any atom is -0.369 e. The van der Waals surface area contributed by atoms with Crippen molar-refractivity contribution in [2.24, 2.45) is 5.73 Å². The van der Waals surface area contributed by atoms with E-state index in [1.165, 1.54) is 0 Å². The summed E-state index contributed by atoms with van der Waals surface area (Å²) < 4.78 is 0.247. The number of hydrogen-bond donors (Lipinski definition) is 4. The average molecular weight is 210 g/mol. The van der Waals surface area contributed by atoms with Gasteiger partial charge in [0.15, 0.2) is 16.1 Å². The van der Waals surface area contributed by atoms with Gasteiger partial charge in [-0.3, -0.25) is 4.79 Å². The molecule has 2 heterocycles. The molecule has 6 N–H and O–H groups in total. The fraction of sp³-hybridized carbons (Fsp3) is 0. The number of imidazole rings is 1. The third-order valence-corrected chi connectivity index (χ3v) is 1.91. The Bertz CT molecular complexity index is 569. The first-order chi connectivity index (χ1) is 6.58. The van der Waals surface area contributed by atoms with Crippen molar-refractivity contribution in [3.8, 4) is 0 Å². The largest absolute Gasteiger partial charge is 0.369 e. The molecule has 0 aromatic carbocycles. The van der Waals surface area contributed by atoms with Gasteiger partial charge in [0, 0.05) is 0 Å². The summed E-state index contributed by atoms with van der Waals surface area (Å²) in [5, 5.41) is 0. The normalized spacial score (nSPS) is 10.6. The van der Waals surface area contributed by atoms with E-state index < -0.39 is 5.91 Å². The molecule has 0 radical (unpaired) electrons. The Hall–Kier alpha value is -1.96. The van der Waals surface area contributed by atoms with Crippen LogP contribution in [0.4, 0.5) is 5.95 Å². The number of nitrogens with one attached hydrogen (secondary N) is 2. The Morgan fingerprint density at radius 1 is 1.36 bits per heavy atom. The van der Waals surface area contributed by atoms with Gasteiger partial charge in [-0.1, -0.05) is 12.2 Å². The molecule has 0 atom stereocenters. The number of nitrogens with two attached hydrogens (primary N) is 2. The smallest absolute Gasteiger partial charge is 0.284 e. The summed E-state index contributed by atoms with van der Waals surface area (Å²) in [6.45, 7) is 0. The maximum absolute atomic E-state index is 10.8. The molecule has 14 heavy (non-hydrogen) atoms. The van der Waals surface area contributed by atoms with E-state index in [0.717, 1.165) is 0 Å². The van der Waals surface area contributed by atoms with Crippen LogP contribution in [0.1, 0.15) is 10.6 Å². The van der Waals surface area contributed by atoms with Gasteiger partial charge >= 0.3 is 0 Å². The number of hydrogen-bond acceptors (Lipinski definition) is 5. The quantitative estimate of drug-likeness (QED) is 0.480. The summed E-state index contributed by atoms with van der Waals surface area (Å²) in [6.07, 6.45) is 0. The minimum atomic E-state index is -0.664. The number of carbonyl (C=O) groups excluding carboxylic acids is 1. The van der Waals surface area contributed by atoms with Gasteiger partial charge in [-0.15, -0.1) is 0 Å². The van der Waals surface area contributed by atoms with Gasteiger partial charge in [-0.05, 0) is 0 Å². The highest BCUT2D eigenvalue weighted by Gasteiger charge is 2.09. The highest BCUT2D eigenvalue weighted by atomic mass is 32.1. The zero-order chi connectivity index (χ0) is 10.3. The van der Waals surface area contributed by atoms with Crippen LogP contribution in [-0.4, -0.2) is 25.8 Å². The Kier molecular flexibility index (Phi) is 1.71. The monoisotopic (exact) mass is 210 g/mol. The zero-order valence-electron chi connectivity index (χ0n) is 6.87. The first-order valence-electron chi connectivity index (χ1n) is 3.63. The Morgan fingerprint density at radius 2 is 2.07 bits per heavy atom. The number of nitrogens with zero attached hydrogens (tertiary/aromatic N) is 2. The van der Waals surface area contributed by atoms with Gasteiger partial charge in [0.05, 0.1) is 0 Å². The molecule has 1 amide bonds. The summed E-state index contributed by atoms with van der Waals surface area (Å²) in [6, 6.07) is 0. The van der Waals surface area contributed by atoms with E-state index in [2.05, 4.69) is 19.9 Å². The first kappa shape index (κ1) is 8.63. The molecule has 0 saturated heterocycles. The van der Waals surface area contributed by atoms with Crippen molar-refractivity contribution < 1.29 is 4.79 Å². The Labute approximate surface area is 82.5 Å². The molecule has 0 unspecified atom stereocenters. The van der Waals surface area contributed by atoms with Crippen LogP contribution in [0.3, 0.4) is 0 Å².